The van der Waals surface area contributed by atoms with Gasteiger partial charge in [-0.1, -0.05) is 0 Å². The second-order valence-corrected chi connectivity index (χ2v) is 4.86. The molecular formula is C12H19N5O5. The van der Waals surface area contributed by atoms with E-state index in [0.29, 0.717) is 5.82 Å². The van der Waals surface area contributed by atoms with Gasteiger partial charge >= 0.3 is 12.0 Å². The number of carbonyl (C=O) groups excluding carboxylic acids is 1. The lowest BCUT2D eigenvalue weighted by Gasteiger charge is -2.20. The molecule has 1 unspecified atom stereocenters. The number of nitrogens with one attached hydrogen (secondary N) is 2. The zero-order valence-corrected chi connectivity index (χ0v) is 12.7. The summed E-state index contributed by atoms with van der Waals surface area (Å²) in [6.45, 7) is 0.606. The van der Waals surface area contributed by atoms with Crippen LogP contribution >= 0.6 is 0 Å². The smallest absolute Gasteiger partial charge is 0.337 e. The maximum absolute atomic E-state index is 11.9. The Labute approximate surface area is 127 Å². The summed E-state index contributed by atoms with van der Waals surface area (Å²) in [5.74, 6) is -0.881. The van der Waals surface area contributed by atoms with E-state index in [-0.39, 0.29) is 11.6 Å². The molecule has 1 aromatic rings. The number of carboxylic acids is 1. The molecule has 0 aromatic carbocycles. The maximum Gasteiger partial charge on any atom is 0.337 e. The average Bonchev–Trinajstić information content (AvgIpc) is 2.45. The van der Waals surface area contributed by atoms with Crippen molar-refractivity contribution in [1.82, 2.24) is 15.3 Å². The molecule has 0 radical (unpaired) electrons. The number of rotatable bonds is 6. The fraction of sp³-hybridized carbons (Fsp3) is 0.500. The first kappa shape index (κ1) is 17.4. The third-order valence-corrected chi connectivity index (χ3v) is 2.70. The number of hydrogen-bond acceptors (Lipinski definition) is 7. The van der Waals surface area contributed by atoms with Gasteiger partial charge in [-0.05, 0) is 6.92 Å². The molecule has 1 rings (SSSR count). The Bertz CT molecular complexity index is 561. The summed E-state index contributed by atoms with van der Waals surface area (Å²) in [5.41, 5.74) is -1.85. The van der Waals surface area contributed by atoms with E-state index >= 15 is 0 Å². The SMILES string of the molecule is COc1ncnc(N(C)C)c1NC(=O)NCC(C)(O)C(=O)O. The molecule has 0 bridgehead atoms. The number of aliphatic hydroxyl groups is 1. The van der Waals surface area contributed by atoms with Gasteiger partial charge in [-0.3, -0.25) is 0 Å². The lowest BCUT2D eigenvalue weighted by atomic mass is 10.1. The lowest BCUT2D eigenvalue weighted by Crippen LogP contribution is -2.47. The van der Waals surface area contributed by atoms with Crippen LogP contribution in [0.5, 0.6) is 5.88 Å². The first-order valence-electron chi connectivity index (χ1n) is 6.26. The van der Waals surface area contributed by atoms with Gasteiger partial charge in [-0.15, -0.1) is 0 Å². The molecule has 4 N–H and O–H groups in total. The molecule has 0 fully saturated rings. The predicted molar refractivity (Wildman–Crippen MR) is 78.2 cm³/mol. The van der Waals surface area contributed by atoms with E-state index in [1.165, 1.54) is 13.4 Å². The molecule has 1 heterocycles. The maximum atomic E-state index is 11.9. The standard InChI is InChI=1S/C12H19N5O5/c1-12(21,10(18)19)5-13-11(20)16-7-8(17(2)3)14-6-15-9(7)22-4/h6,21H,5H2,1-4H3,(H,18,19)(H2,13,16,20). The molecule has 0 saturated carbocycles. The van der Waals surface area contributed by atoms with Gasteiger partial charge in [0.15, 0.2) is 11.4 Å². The molecule has 2 amide bonds. The number of carboxylic acid groups (broad SMARTS) is 1. The fourth-order valence-corrected chi connectivity index (χ4v) is 1.45. The normalized spacial score (nSPS) is 13.0. The average molecular weight is 313 g/mol. The topological polar surface area (TPSA) is 137 Å². The Balaban J connectivity index is 2.86. The van der Waals surface area contributed by atoms with Crippen LogP contribution in [0.2, 0.25) is 0 Å². The lowest BCUT2D eigenvalue weighted by molar-refractivity contribution is -0.155. The van der Waals surface area contributed by atoms with Crippen LogP contribution in [0.4, 0.5) is 16.3 Å². The molecule has 0 aliphatic carbocycles. The van der Waals surface area contributed by atoms with Gasteiger partial charge in [-0.25, -0.2) is 14.6 Å². The number of amides is 2. The molecule has 0 aliphatic rings. The molecule has 0 saturated heterocycles. The fourth-order valence-electron chi connectivity index (χ4n) is 1.45. The molecule has 10 nitrogen and oxygen atoms in total. The molecule has 10 heteroatoms. The summed E-state index contributed by atoms with van der Waals surface area (Å²) >= 11 is 0. The minimum absolute atomic E-state index is 0.152. The number of carbonyl (C=O) groups is 2. The highest BCUT2D eigenvalue weighted by molar-refractivity contribution is 5.94. The Hall–Kier alpha value is -2.62. The number of urea groups is 1. The molecular weight excluding hydrogens is 294 g/mol. The van der Waals surface area contributed by atoms with E-state index in [1.54, 1.807) is 19.0 Å². The zero-order valence-electron chi connectivity index (χ0n) is 12.7. The van der Waals surface area contributed by atoms with E-state index in [2.05, 4.69) is 20.6 Å². The van der Waals surface area contributed by atoms with Crippen molar-refractivity contribution in [2.75, 3.05) is 38.0 Å². The highest BCUT2D eigenvalue weighted by Crippen LogP contribution is 2.29. The Morgan fingerprint density at radius 3 is 2.55 bits per heavy atom. The van der Waals surface area contributed by atoms with Crippen molar-refractivity contribution in [1.29, 1.82) is 0 Å². The van der Waals surface area contributed by atoms with Gasteiger partial charge in [0.05, 0.1) is 13.7 Å². The molecule has 22 heavy (non-hydrogen) atoms. The number of ether oxygens (including phenoxy) is 1. The van der Waals surface area contributed by atoms with Crippen LogP contribution in [0.1, 0.15) is 6.92 Å². The number of methoxy groups -OCH3 is 1. The van der Waals surface area contributed by atoms with Crippen LogP contribution in [0.3, 0.4) is 0 Å². The van der Waals surface area contributed by atoms with Crippen molar-refractivity contribution in [3.63, 3.8) is 0 Å². The third-order valence-electron chi connectivity index (χ3n) is 2.70. The van der Waals surface area contributed by atoms with Crippen molar-refractivity contribution in [3.05, 3.63) is 6.33 Å². The highest BCUT2D eigenvalue weighted by atomic mass is 16.5. The van der Waals surface area contributed by atoms with Gasteiger partial charge in [0.1, 0.15) is 12.0 Å². The van der Waals surface area contributed by atoms with E-state index in [0.717, 1.165) is 6.92 Å². The van der Waals surface area contributed by atoms with Gasteiger partial charge in [-0.2, -0.15) is 4.98 Å². The van der Waals surface area contributed by atoms with Crippen molar-refractivity contribution in [3.8, 4) is 5.88 Å². The summed E-state index contributed by atoms with van der Waals surface area (Å²) in [4.78, 5) is 32.2. The van der Waals surface area contributed by atoms with E-state index in [1.807, 2.05) is 0 Å². The number of aliphatic carboxylic acids is 1. The van der Waals surface area contributed by atoms with Crippen molar-refractivity contribution < 1.29 is 24.5 Å². The van der Waals surface area contributed by atoms with Crippen LogP contribution in [0.15, 0.2) is 6.33 Å². The van der Waals surface area contributed by atoms with Crippen molar-refractivity contribution in [2.45, 2.75) is 12.5 Å². The zero-order chi connectivity index (χ0) is 16.9. The van der Waals surface area contributed by atoms with Crippen LogP contribution in [0.25, 0.3) is 0 Å². The summed E-state index contributed by atoms with van der Waals surface area (Å²) in [6.07, 6.45) is 1.28. The molecule has 1 atom stereocenters. The quantitative estimate of drug-likeness (QED) is 0.552. The second kappa shape index (κ2) is 6.89. The molecule has 0 aliphatic heterocycles. The summed E-state index contributed by atoms with van der Waals surface area (Å²) in [7, 11) is 4.83. The van der Waals surface area contributed by atoms with Crippen LogP contribution in [-0.2, 0) is 4.79 Å². The van der Waals surface area contributed by atoms with Crippen molar-refractivity contribution in [2.24, 2.45) is 0 Å². The van der Waals surface area contributed by atoms with Crippen LogP contribution in [0, 0.1) is 0 Å². The van der Waals surface area contributed by atoms with Gasteiger partial charge < -0.3 is 30.5 Å². The third kappa shape index (κ3) is 4.19. The molecule has 1 aromatic heterocycles. The van der Waals surface area contributed by atoms with Gasteiger partial charge in [0.2, 0.25) is 5.88 Å². The number of hydrogen-bond donors (Lipinski definition) is 4. The summed E-state index contributed by atoms with van der Waals surface area (Å²) in [5, 5.41) is 23.1. The summed E-state index contributed by atoms with van der Waals surface area (Å²) in [6, 6.07) is -0.724. The minimum Gasteiger partial charge on any atom is -0.479 e. The number of nitrogens with zero attached hydrogens (tertiary/aromatic N) is 3. The number of anilines is 2. The Kier molecular flexibility index (Phi) is 5.46. The first-order chi connectivity index (χ1) is 10.2. The van der Waals surface area contributed by atoms with Crippen LogP contribution in [-0.4, -0.2) is 65.5 Å². The largest absolute Gasteiger partial charge is 0.479 e. The predicted octanol–water partition coefficient (Wildman–Crippen LogP) is -0.492. The van der Waals surface area contributed by atoms with Crippen molar-refractivity contribution >= 4 is 23.5 Å². The van der Waals surface area contributed by atoms with E-state index < -0.39 is 24.1 Å². The second-order valence-electron chi connectivity index (χ2n) is 4.86. The molecule has 0 spiro atoms. The van der Waals surface area contributed by atoms with E-state index in [4.69, 9.17) is 9.84 Å². The molecule has 122 valence electrons. The highest BCUT2D eigenvalue weighted by Gasteiger charge is 2.30. The summed E-state index contributed by atoms with van der Waals surface area (Å²) < 4.78 is 5.06. The Morgan fingerprint density at radius 2 is 2.05 bits per heavy atom. The first-order valence-corrected chi connectivity index (χ1v) is 6.26. The van der Waals surface area contributed by atoms with Crippen LogP contribution < -0.4 is 20.3 Å². The Morgan fingerprint density at radius 1 is 1.41 bits per heavy atom. The minimum atomic E-state index is -2.07. The van der Waals surface area contributed by atoms with E-state index in [9.17, 15) is 14.7 Å². The number of aromatic nitrogens is 2. The van der Waals surface area contributed by atoms with Gasteiger partial charge in [0.25, 0.3) is 0 Å². The monoisotopic (exact) mass is 313 g/mol. The van der Waals surface area contributed by atoms with Gasteiger partial charge in [0, 0.05) is 14.1 Å².